The molecule has 1 heterocycles. The normalized spacial score (nSPS) is 31.4. The minimum absolute atomic E-state index is 0.0205. The van der Waals surface area contributed by atoms with Crippen molar-refractivity contribution in [2.75, 3.05) is 32.6 Å². The zero-order chi connectivity index (χ0) is 31.6. The molecule has 0 spiro atoms. The van der Waals surface area contributed by atoms with E-state index in [2.05, 4.69) is 55.5 Å². The fourth-order valence-electron chi connectivity index (χ4n) is 7.95. The summed E-state index contributed by atoms with van der Waals surface area (Å²) in [5.41, 5.74) is 1.77. The molecule has 3 amide bonds. The molecule has 5 N–H and O–H groups in total. The molecule has 0 radical (unpaired) electrons. The highest BCUT2D eigenvalue weighted by atomic mass is 16.7. The van der Waals surface area contributed by atoms with Crippen LogP contribution in [-0.4, -0.2) is 89.7 Å². The van der Waals surface area contributed by atoms with Gasteiger partial charge in [-0.1, -0.05) is 46.8 Å². The molecule has 1 aromatic rings. The van der Waals surface area contributed by atoms with Crippen LogP contribution in [0.3, 0.4) is 0 Å². The number of hydrogen-bond donors (Lipinski definition) is 5. The van der Waals surface area contributed by atoms with E-state index >= 15 is 0 Å². The van der Waals surface area contributed by atoms with Gasteiger partial charge in [0.2, 0.25) is 5.91 Å². The Morgan fingerprint density at radius 2 is 1.91 bits per heavy atom. The molecule has 5 rings (SSSR count). The van der Waals surface area contributed by atoms with Crippen molar-refractivity contribution >= 4 is 17.6 Å². The van der Waals surface area contributed by atoms with Crippen molar-refractivity contribution in [2.45, 2.75) is 97.7 Å². The number of likely N-dealkylation sites (N-methyl/N-ethyl adjacent to an activating group) is 1. The zero-order valence-electron chi connectivity index (χ0n) is 27.3. The number of nitrogens with zero attached hydrogens (tertiary/aromatic N) is 2. The van der Waals surface area contributed by atoms with E-state index < -0.39 is 24.2 Å². The molecule has 1 saturated heterocycles. The van der Waals surface area contributed by atoms with Crippen molar-refractivity contribution < 1.29 is 24.6 Å². The molecule has 3 saturated carbocycles. The van der Waals surface area contributed by atoms with E-state index in [0.717, 1.165) is 24.9 Å². The molecular formula is C33H55N5O5. The molecule has 9 atom stereocenters. The Bertz CT molecular complexity index is 1100. The van der Waals surface area contributed by atoms with Crippen LogP contribution in [0.15, 0.2) is 24.3 Å². The summed E-state index contributed by atoms with van der Waals surface area (Å²) in [7, 11) is 3.99. The van der Waals surface area contributed by atoms with E-state index in [1.165, 1.54) is 6.42 Å². The Balaban J connectivity index is 1.45. The van der Waals surface area contributed by atoms with Crippen LogP contribution in [0, 0.1) is 35.0 Å². The number of amides is 3. The van der Waals surface area contributed by atoms with Crippen LogP contribution in [0.4, 0.5) is 10.5 Å². The lowest BCUT2D eigenvalue weighted by Gasteiger charge is -2.62. The fourth-order valence-corrected chi connectivity index (χ4v) is 7.95. The Labute approximate surface area is 257 Å². The first kappa shape index (κ1) is 33.6. The van der Waals surface area contributed by atoms with Gasteiger partial charge in [-0.3, -0.25) is 9.63 Å². The predicted octanol–water partition coefficient (Wildman–Crippen LogP) is 3.45. The predicted molar refractivity (Wildman–Crippen MR) is 168 cm³/mol. The number of carbonyl (C=O) groups excluding carboxylic acids is 2. The largest absolute Gasteiger partial charge is 0.394 e. The molecule has 43 heavy (non-hydrogen) atoms. The van der Waals surface area contributed by atoms with Crippen molar-refractivity contribution in [3.05, 3.63) is 29.8 Å². The summed E-state index contributed by atoms with van der Waals surface area (Å²) >= 11 is 0. The van der Waals surface area contributed by atoms with Crippen LogP contribution in [0.1, 0.15) is 66.4 Å². The van der Waals surface area contributed by atoms with Gasteiger partial charge in [0.1, 0.15) is 12.1 Å². The summed E-state index contributed by atoms with van der Waals surface area (Å²) in [4.78, 5) is 34.9. The first-order valence-corrected chi connectivity index (χ1v) is 16.0. The molecule has 10 heteroatoms. The third-order valence-electron chi connectivity index (χ3n) is 10.3. The lowest BCUT2D eigenvalue weighted by atomic mass is 9.45. The summed E-state index contributed by atoms with van der Waals surface area (Å²) in [5.74, 6) is 1.24. The van der Waals surface area contributed by atoms with Crippen LogP contribution in [0.5, 0.6) is 0 Å². The lowest BCUT2D eigenvalue weighted by Crippen LogP contribution is -2.62. The van der Waals surface area contributed by atoms with E-state index in [9.17, 15) is 19.8 Å². The molecule has 4 fully saturated rings. The number of aliphatic hydroxyl groups excluding tert-OH is 2. The van der Waals surface area contributed by atoms with Crippen molar-refractivity contribution in [2.24, 2.45) is 35.0 Å². The summed E-state index contributed by atoms with van der Waals surface area (Å²) in [5, 5.41) is 31.8. The van der Waals surface area contributed by atoms with Crippen molar-refractivity contribution in [3.63, 3.8) is 0 Å². The maximum absolute atomic E-state index is 13.9. The monoisotopic (exact) mass is 601 g/mol. The third-order valence-corrected chi connectivity index (χ3v) is 10.3. The summed E-state index contributed by atoms with van der Waals surface area (Å²) in [6.45, 7) is 13.5. The van der Waals surface area contributed by atoms with E-state index in [0.29, 0.717) is 34.8 Å². The second-order valence-electron chi connectivity index (χ2n) is 14.6. The molecule has 10 nitrogen and oxygen atoms in total. The van der Waals surface area contributed by atoms with E-state index in [-0.39, 0.29) is 37.2 Å². The Morgan fingerprint density at radius 1 is 1.19 bits per heavy atom. The zero-order valence-corrected chi connectivity index (χ0v) is 27.3. The van der Waals surface area contributed by atoms with E-state index in [4.69, 9.17) is 4.84 Å². The standard InChI is InChI=1S/C33H55N5O5/c1-19(2)12-25(17-37(7)8)35-32(42)34-24-11-9-10-22(13-24)16-38-30(29(21(4)40)28(18-39)43-38)31(41)36-27-15-23-14-26(20(27)3)33(23,5)6/h9-11,13,19-21,23,25-30,39-40H,12,14-18H2,1-8H3,(H,36,41)(H2,34,35,42)/t20-,21-,23-,25+,26+,27?,28-,29+,30-/m0/s1. The number of rotatable bonds is 12. The molecule has 4 aliphatic rings. The first-order valence-electron chi connectivity index (χ1n) is 16.0. The van der Waals surface area contributed by atoms with Crippen LogP contribution in [0.2, 0.25) is 0 Å². The van der Waals surface area contributed by atoms with Gasteiger partial charge in [0.15, 0.2) is 0 Å². The SMILES string of the molecule is CC(C)C[C@H](CN(C)C)NC(=O)Nc1cccc(CN2O[C@@H](CO)[C@@H]([C@H](C)O)[C@H]2C(=O)NC2C[C@@H]3C[C@H]([C@@H]2C)C3(C)C)c1. The number of hydroxylamine groups is 2. The second-order valence-corrected chi connectivity index (χ2v) is 14.6. The minimum atomic E-state index is -0.855. The second kappa shape index (κ2) is 13.8. The average molecular weight is 602 g/mol. The van der Waals surface area contributed by atoms with Crippen LogP contribution >= 0.6 is 0 Å². The molecule has 3 aliphatic carbocycles. The average Bonchev–Trinajstić information content (AvgIpc) is 3.27. The maximum atomic E-state index is 13.9. The summed E-state index contributed by atoms with van der Waals surface area (Å²) < 4.78 is 0. The minimum Gasteiger partial charge on any atom is -0.394 e. The molecule has 2 bridgehead atoms. The van der Waals surface area contributed by atoms with Crippen LogP contribution in [-0.2, 0) is 16.2 Å². The van der Waals surface area contributed by atoms with Gasteiger partial charge in [-0.15, -0.1) is 0 Å². The van der Waals surface area contributed by atoms with Crippen molar-refractivity contribution in [1.82, 2.24) is 20.6 Å². The fraction of sp³-hybridized carbons (Fsp3) is 0.758. The summed E-state index contributed by atoms with van der Waals surface area (Å²) in [6, 6.07) is 6.53. The van der Waals surface area contributed by atoms with Gasteiger partial charge < -0.3 is 31.1 Å². The molecule has 1 unspecified atom stereocenters. The highest BCUT2D eigenvalue weighted by Gasteiger charge is 2.57. The number of anilines is 1. The van der Waals surface area contributed by atoms with Crippen molar-refractivity contribution in [1.29, 1.82) is 0 Å². The number of fused-ring (bicyclic) bond motifs is 2. The van der Waals surface area contributed by atoms with Crippen LogP contribution < -0.4 is 16.0 Å². The third kappa shape index (κ3) is 7.71. The smallest absolute Gasteiger partial charge is 0.319 e. The van der Waals surface area contributed by atoms with E-state index in [1.54, 1.807) is 12.0 Å². The van der Waals surface area contributed by atoms with Crippen molar-refractivity contribution in [3.8, 4) is 0 Å². The van der Waals surface area contributed by atoms with Gasteiger partial charge >= 0.3 is 6.03 Å². The molecule has 242 valence electrons. The quantitative estimate of drug-likeness (QED) is 0.249. The first-order chi connectivity index (χ1) is 20.2. The van der Waals surface area contributed by atoms with Gasteiger partial charge in [-0.2, -0.15) is 5.06 Å². The van der Waals surface area contributed by atoms with Gasteiger partial charge in [0.05, 0.1) is 19.3 Å². The Morgan fingerprint density at radius 3 is 2.49 bits per heavy atom. The lowest BCUT2D eigenvalue weighted by molar-refractivity contribution is -0.183. The van der Waals surface area contributed by atoms with Gasteiger partial charge in [-0.25, -0.2) is 4.79 Å². The topological polar surface area (TPSA) is 126 Å². The number of benzene rings is 1. The number of hydrogen-bond acceptors (Lipinski definition) is 7. The maximum Gasteiger partial charge on any atom is 0.319 e. The number of urea groups is 1. The van der Waals surface area contributed by atoms with E-state index in [1.807, 2.05) is 38.4 Å². The molecule has 1 aromatic carbocycles. The van der Waals surface area contributed by atoms with Gasteiger partial charge in [0.25, 0.3) is 0 Å². The number of nitrogens with one attached hydrogen (secondary N) is 3. The highest BCUT2D eigenvalue weighted by molar-refractivity contribution is 5.89. The summed E-state index contributed by atoms with van der Waals surface area (Å²) in [6.07, 6.45) is 1.49. The van der Waals surface area contributed by atoms with Gasteiger partial charge in [-0.05, 0) is 87.1 Å². The molecule has 0 aromatic heterocycles. The Hall–Kier alpha value is -2.24. The Kier molecular flexibility index (Phi) is 10.8. The number of carbonyl (C=O) groups is 2. The number of aliphatic hydroxyl groups is 2. The molecule has 1 aliphatic heterocycles. The molecular weight excluding hydrogens is 546 g/mol. The highest BCUT2D eigenvalue weighted by Crippen LogP contribution is 2.61. The van der Waals surface area contributed by atoms with Gasteiger partial charge in [0, 0.05) is 30.2 Å². The van der Waals surface area contributed by atoms with Crippen LogP contribution in [0.25, 0.3) is 0 Å².